The van der Waals surface area contributed by atoms with Crippen molar-refractivity contribution in [3.8, 4) is 100 Å². The lowest BCUT2D eigenvalue weighted by Crippen LogP contribution is -1.89. The van der Waals surface area contributed by atoms with Gasteiger partial charge in [0.25, 0.3) is 0 Å². The molecule has 0 aromatic heterocycles. The SMILES string of the molecule is c1ccc(-c2c3cc4c(cc3c(-c3ccccc3)c3c5ccc(-c6ccc7c8c(cccc68)-c6cc8ccccc8cc6-7)c6cccc(c23)c65)c2cccc3cccc4c32)cc1.c1ccc(-c2c3cc4c(cc3c(-c3ccccc3)c3c5ccc6c7ccc8c9c(ccc(c%10ccc(c23)c5c%106)c97)-c2cc3ccccc3cc2-8)c2cccc3cccc4c32)cc1. The Hall–Kier alpha value is -16.1. The highest BCUT2D eigenvalue weighted by Crippen LogP contribution is 2.61. The fraction of sp³-hybridized carbons (Fsp3) is 0. The van der Waals surface area contributed by atoms with Gasteiger partial charge in [-0.15, -0.1) is 0 Å². The monoisotopic (exact) mass is 1550 g/mol. The molecule has 0 heterocycles. The first-order valence-electron chi connectivity index (χ1n) is 43.6. The summed E-state index contributed by atoms with van der Waals surface area (Å²) in [4.78, 5) is 0. The minimum Gasteiger partial charge on any atom is -0.0622 e. The lowest BCUT2D eigenvalue weighted by Gasteiger charge is -2.17. The summed E-state index contributed by atoms with van der Waals surface area (Å²) in [6.45, 7) is 0. The number of benzene rings is 25. The third-order valence-electron chi connectivity index (χ3n) is 29.4. The van der Waals surface area contributed by atoms with Gasteiger partial charge < -0.3 is 0 Å². The summed E-state index contributed by atoms with van der Waals surface area (Å²) in [6.07, 6.45) is 0. The molecule has 0 heteroatoms. The van der Waals surface area contributed by atoms with E-state index in [1.54, 1.807) is 0 Å². The van der Waals surface area contributed by atoms with E-state index in [9.17, 15) is 0 Å². The molecule has 0 spiro atoms. The molecule has 0 atom stereocenters. The standard InChI is InChI=1S/C62H32.C62H34/c1-3-11-34(12-4-1)55-52-31-50-38-19-9-17-33-18-10-20-39(54(33)38)51(50)32-53(52)56(35-13-5-2-6-14-35)62-47-28-26-43-41-22-24-45-49-30-37-16-8-7-15-36(37)29-48(49)44-23-21-40(57(41)59(44)45)42-25-27-46(61(55)62)60(47)58(42)43;1-3-13-36(14-4-1)57-54-33-52-44-21-9-19-35-20-10-22-45(56(35)44)53(52)34-55(54)58(37-15-5-2-6-16-37)62-49-30-28-41(43-24-12-26-48(60(43)49)61(57)62)40-27-29-47-51-32-39-18-8-7-17-38(39)31-50(51)46-25-11-23-42(40)59(46)47/h1-32H;1-34H. The van der Waals surface area contributed by atoms with Crippen LogP contribution in [0, 0.1) is 0 Å². The van der Waals surface area contributed by atoms with E-state index >= 15 is 0 Å². The van der Waals surface area contributed by atoms with Crippen molar-refractivity contribution in [1.29, 1.82) is 0 Å². The molecule has 0 fully saturated rings. The van der Waals surface area contributed by atoms with Crippen molar-refractivity contribution in [2.24, 2.45) is 0 Å². The van der Waals surface area contributed by atoms with Crippen molar-refractivity contribution in [3.63, 3.8) is 0 Å². The molecular formula is C124H66. The molecule has 0 nitrogen and oxygen atoms in total. The quantitative estimate of drug-likeness (QED) is 0.119. The summed E-state index contributed by atoms with van der Waals surface area (Å²) in [5.74, 6) is 0. The van der Waals surface area contributed by atoms with Crippen LogP contribution >= 0.6 is 0 Å². The van der Waals surface area contributed by atoms with Crippen LogP contribution in [0.1, 0.15) is 0 Å². The summed E-state index contributed by atoms with van der Waals surface area (Å²) in [7, 11) is 0. The van der Waals surface area contributed by atoms with Crippen LogP contribution in [0.5, 0.6) is 0 Å². The zero-order valence-electron chi connectivity index (χ0n) is 67.1. The molecule has 0 saturated heterocycles. The Bertz CT molecular complexity index is 9360. The normalized spacial score (nSPS) is 12.7. The molecule has 0 unspecified atom stereocenters. The topological polar surface area (TPSA) is 0 Å². The highest BCUT2D eigenvalue weighted by atomic mass is 14.4. The Morgan fingerprint density at radius 3 is 0.718 bits per heavy atom. The van der Waals surface area contributed by atoms with Crippen molar-refractivity contribution >= 4 is 215 Å². The largest absolute Gasteiger partial charge is 0.0622 e. The van der Waals surface area contributed by atoms with Gasteiger partial charge in [-0.25, -0.2) is 0 Å². The molecule has 0 N–H and O–H groups in total. The van der Waals surface area contributed by atoms with E-state index in [0.29, 0.717) is 0 Å². The summed E-state index contributed by atoms with van der Waals surface area (Å²) < 4.78 is 0. The highest BCUT2D eigenvalue weighted by Gasteiger charge is 2.33. The third kappa shape index (κ3) is 8.42. The van der Waals surface area contributed by atoms with Crippen LogP contribution in [0.3, 0.4) is 0 Å². The van der Waals surface area contributed by atoms with Gasteiger partial charge in [0.05, 0.1) is 0 Å². The molecular weight excluding hydrogens is 1490 g/mol. The maximum absolute atomic E-state index is 2.53. The Kier molecular flexibility index (Phi) is 12.7. The van der Waals surface area contributed by atoms with Crippen molar-refractivity contribution in [2.75, 3.05) is 0 Å². The summed E-state index contributed by atoms with van der Waals surface area (Å²) in [6, 6.07) is 152. The molecule has 0 amide bonds. The molecule has 29 aromatic carbocycles. The van der Waals surface area contributed by atoms with E-state index in [4.69, 9.17) is 0 Å². The number of hydrogen-bond acceptors (Lipinski definition) is 0. The summed E-state index contributed by atoms with van der Waals surface area (Å²) >= 11 is 0. The van der Waals surface area contributed by atoms with Crippen LogP contribution in [0.25, 0.3) is 316 Å². The van der Waals surface area contributed by atoms with Gasteiger partial charge in [0.1, 0.15) is 0 Å². The lowest BCUT2D eigenvalue weighted by atomic mass is 9.85. The minimum absolute atomic E-state index is 1.24. The molecule has 0 bridgehead atoms. The Balaban J connectivity index is 0.000000122. The van der Waals surface area contributed by atoms with E-state index in [0.717, 1.165) is 0 Å². The van der Waals surface area contributed by atoms with E-state index in [1.165, 1.54) is 316 Å². The number of rotatable bonds is 5. The van der Waals surface area contributed by atoms with Crippen LogP contribution in [0.15, 0.2) is 400 Å². The van der Waals surface area contributed by atoms with Crippen molar-refractivity contribution < 1.29 is 0 Å². The van der Waals surface area contributed by atoms with Crippen LogP contribution in [-0.4, -0.2) is 0 Å². The summed E-state index contributed by atoms with van der Waals surface area (Å²) in [5, 5.41) is 53.1. The van der Waals surface area contributed by atoms with Gasteiger partial charge >= 0.3 is 0 Å². The predicted octanol–water partition coefficient (Wildman–Crippen LogP) is 35.3. The Labute approximate surface area is 710 Å². The first kappa shape index (κ1) is 65.8. The van der Waals surface area contributed by atoms with Gasteiger partial charge in [-0.3, -0.25) is 0 Å². The van der Waals surface area contributed by atoms with Crippen LogP contribution in [-0.2, 0) is 0 Å². The third-order valence-corrected chi connectivity index (χ3v) is 29.4. The smallest absolute Gasteiger partial charge is 0.000740 e. The van der Waals surface area contributed by atoms with Gasteiger partial charge in [0.2, 0.25) is 0 Å². The molecule has 0 radical (unpaired) electrons. The maximum atomic E-state index is 2.53. The molecule has 2 aliphatic rings. The van der Waals surface area contributed by atoms with Gasteiger partial charge in [-0.1, -0.05) is 352 Å². The van der Waals surface area contributed by atoms with Gasteiger partial charge in [0, 0.05) is 0 Å². The second kappa shape index (κ2) is 23.9. The first-order chi connectivity index (χ1) is 61.6. The zero-order chi connectivity index (χ0) is 80.2. The average molecular weight is 1560 g/mol. The molecule has 562 valence electrons. The van der Waals surface area contributed by atoms with Crippen LogP contribution in [0.2, 0.25) is 0 Å². The molecule has 31 rings (SSSR count). The fourth-order valence-corrected chi connectivity index (χ4v) is 24.5. The summed E-state index contributed by atoms with van der Waals surface area (Å²) in [5.41, 5.74) is 23.5. The molecule has 29 aromatic rings. The van der Waals surface area contributed by atoms with Crippen LogP contribution < -0.4 is 0 Å². The average Bonchev–Trinajstić information content (AvgIpc) is 1.50. The zero-order valence-corrected chi connectivity index (χ0v) is 67.1. The fourth-order valence-electron chi connectivity index (χ4n) is 24.5. The minimum atomic E-state index is 1.24. The predicted molar refractivity (Wildman–Crippen MR) is 535 cm³/mol. The van der Waals surface area contributed by atoms with Crippen molar-refractivity contribution in [3.05, 3.63) is 400 Å². The number of hydrogen-bond donors (Lipinski definition) is 0. The first-order valence-corrected chi connectivity index (χ1v) is 43.6. The Morgan fingerprint density at radius 1 is 0.0887 bits per heavy atom. The van der Waals surface area contributed by atoms with Gasteiger partial charge in [-0.05, 0) is 364 Å². The van der Waals surface area contributed by atoms with E-state index in [-0.39, 0.29) is 0 Å². The van der Waals surface area contributed by atoms with Crippen molar-refractivity contribution in [1.82, 2.24) is 0 Å². The lowest BCUT2D eigenvalue weighted by molar-refractivity contribution is 1.68. The highest BCUT2D eigenvalue weighted by molar-refractivity contribution is 6.49. The van der Waals surface area contributed by atoms with Crippen LogP contribution in [0.4, 0.5) is 0 Å². The van der Waals surface area contributed by atoms with Gasteiger partial charge in [0.15, 0.2) is 0 Å². The molecule has 0 saturated carbocycles. The van der Waals surface area contributed by atoms with E-state index in [1.807, 2.05) is 0 Å². The molecule has 2 aliphatic carbocycles. The van der Waals surface area contributed by atoms with Crippen molar-refractivity contribution in [2.45, 2.75) is 0 Å². The second-order valence-corrected chi connectivity index (χ2v) is 35.2. The second-order valence-electron chi connectivity index (χ2n) is 35.2. The van der Waals surface area contributed by atoms with Gasteiger partial charge in [-0.2, -0.15) is 0 Å². The number of fused-ring (bicyclic) bond motifs is 24. The van der Waals surface area contributed by atoms with E-state index in [2.05, 4.69) is 400 Å². The van der Waals surface area contributed by atoms with E-state index < -0.39 is 0 Å². The molecule has 124 heavy (non-hydrogen) atoms. The maximum Gasteiger partial charge on any atom is -0.000740 e. The molecule has 0 aliphatic heterocycles. The Morgan fingerprint density at radius 2 is 0.323 bits per heavy atom.